The molecule has 3 nitrogen and oxygen atoms in total. The van der Waals surface area contributed by atoms with Crippen LogP contribution < -0.4 is 0 Å². The third kappa shape index (κ3) is 2.56. The number of carboxylic acids is 1. The first-order valence-corrected chi connectivity index (χ1v) is 6.71. The van der Waals surface area contributed by atoms with E-state index in [1.54, 1.807) is 0 Å². The zero-order valence-corrected chi connectivity index (χ0v) is 11.5. The smallest absolute Gasteiger partial charge is 0.348 e. The Kier molecular flexibility index (Phi) is 3.59. The van der Waals surface area contributed by atoms with E-state index in [0.717, 1.165) is 17.0 Å². The molecule has 0 bridgehead atoms. The van der Waals surface area contributed by atoms with Gasteiger partial charge < -0.3 is 5.11 Å². The van der Waals surface area contributed by atoms with Crippen molar-refractivity contribution < 1.29 is 9.90 Å². The molecule has 1 aromatic heterocycles. The second-order valence-corrected chi connectivity index (χ2v) is 5.24. The van der Waals surface area contributed by atoms with Crippen LogP contribution in [0.15, 0.2) is 28.9 Å². The summed E-state index contributed by atoms with van der Waals surface area (Å²) in [6.45, 7) is 2.09. The summed E-state index contributed by atoms with van der Waals surface area (Å²) in [4.78, 5) is 15.4. The van der Waals surface area contributed by atoms with Gasteiger partial charge in [-0.15, -0.1) is 11.3 Å². The van der Waals surface area contributed by atoms with Gasteiger partial charge in [-0.1, -0.05) is 31.2 Å². The van der Waals surface area contributed by atoms with Crippen molar-refractivity contribution >= 4 is 33.2 Å². The second-order valence-electron chi connectivity index (χ2n) is 3.49. The Labute approximate surface area is 111 Å². The number of benzene rings is 1. The zero-order valence-electron chi connectivity index (χ0n) is 9.11. The molecular weight excluding hydrogens is 302 g/mol. The summed E-state index contributed by atoms with van der Waals surface area (Å²) in [6.07, 6.45) is 0.988. The molecule has 1 N–H and O–H groups in total. The Bertz CT molecular complexity index is 548. The van der Waals surface area contributed by atoms with E-state index >= 15 is 0 Å². The van der Waals surface area contributed by atoms with E-state index in [0.29, 0.717) is 4.60 Å². The Morgan fingerprint density at radius 1 is 1.41 bits per heavy atom. The van der Waals surface area contributed by atoms with Crippen molar-refractivity contribution in [3.8, 4) is 10.6 Å². The molecule has 2 rings (SSSR count). The van der Waals surface area contributed by atoms with Crippen LogP contribution in [0.25, 0.3) is 10.6 Å². The largest absolute Gasteiger partial charge is 0.477 e. The third-order valence-electron chi connectivity index (χ3n) is 2.39. The Morgan fingerprint density at radius 3 is 2.53 bits per heavy atom. The fourth-order valence-electron chi connectivity index (χ4n) is 1.44. The van der Waals surface area contributed by atoms with Gasteiger partial charge in [-0.2, -0.15) is 0 Å². The first-order chi connectivity index (χ1) is 8.11. The lowest BCUT2D eigenvalue weighted by molar-refractivity contribution is 0.0701. The highest BCUT2D eigenvalue weighted by Crippen LogP contribution is 2.31. The maximum atomic E-state index is 10.9. The van der Waals surface area contributed by atoms with Gasteiger partial charge in [-0.25, -0.2) is 9.78 Å². The van der Waals surface area contributed by atoms with Crippen molar-refractivity contribution in [1.29, 1.82) is 0 Å². The number of rotatable bonds is 3. The molecule has 0 fully saturated rings. The molecule has 5 heteroatoms. The third-order valence-corrected chi connectivity index (χ3v) is 4.32. The zero-order chi connectivity index (χ0) is 12.4. The standard InChI is InChI=1S/C12H10BrNO2S/c1-2-7-3-5-8(6-4-7)11-14-10(13)9(17-11)12(15)16/h3-6H,2H2,1H3,(H,15,16). The van der Waals surface area contributed by atoms with E-state index in [-0.39, 0.29) is 4.88 Å². The van der Waals surface area contributed by atoms with Crippen LogP contribution >= 0.6 is 27.3 Å². The summed E-state index contributed by atoms with van der Waals surface area (Å²) in [5, 5.41) is 9.67. The average molecular weight is 312 g/mol. The SMILES string of the molecule is CCc1ccc(-c2nc(Br)c(C(=O)O)s2)cc1. The van der Waals surface area contributed by atoms with Crippen LogP contribution in [0, 0.1) is 0 Å². The summed E-state index contributed by atoms with van der Waals surface area (Å²) in [6, 6.07) is 8.00. The molecule has 0 aliphatic heterocycles. The number of thiazole rings is 1. The monoisotopic (exact) mass is 311 g/mol. The molecule has 1 aromatic carbocycles. The van der Waals surface area contributed by atoms with Gasteiger partial charge in [0.1, 0.15) is 14.5 Å². The molecule has 0 unspecified atom stereocenters. The van der Waals surface area contributed by atoms with Crippen LogP contribution in [0.2, 0.25) is 0 Å². The molecule has 1 heterocycles. The average Bonchev–Trinajstić information content (AvgIpc) is 2.71. The summed E-state index contributed by atoms with van der Waals surface area (Å²) >= 11 is 4.34. The van der Waals surface area contributed by atoms with E-state index in [9.17, 15) is 4.79 Å². The van der Waals surface area contributed by atoms with Crippen molar-refractivity contribution in [2.45, 2.75) is 13.3 Å². The van der Waals surface area contributed by atoms with E-state index in [1.807, 2.05) is 24.3 Å². The number of carboxylic acid groups (broad SMARTS) is 1. The molecule has 2 aromatic rings. The molecular formula is C12H10BrNO2S. The number of aromatic nitrogens is 1. The molecule has 0 aliphatic rings. The summed E-state index contributed by atoms with van der Waals surface area (Å²) < 4.78 is 0.393. The minimum atomic E-state index is -0.953. The quantitative estimate of drug-likeness (QED) is 0.937. The second kappa shape index (κ2) is 4.98. The number of hydrogen-bond acceptors (Lipinski definition) is 3. The number of carbonyl (C=O) groups is 1. The van der Waals surface area contributed by atoms with Gasteiger partial charge in [-0.05, 0) is 27.9 Å². The van der Waals surface area contributed by atoms with Crippen LogP contribution in [0.5, 0.6) is 0 Å². The van der Waals surface area contributed by atoms with Gasteiger partial charge in [0.25, 0.3) is 0 Å². The van der Waals surface area contributed by atoms with Crippen molar-refractivity contribution in [3.05, 3.63) is 39.3 Å². The molecule has 0 saturated carbocycles. The van der Waals surface area contributed by atoms with Gasteiger partial charge in [-0.3, -0.25) is 0 Å². The highest BCUT2D eigenvalue weighted by Gasteiger charge is 2.15. The van der Waals surface area contributed by atoms with Crippen LogP contribution in [0.1, 0.15) is 22.2 Å². The van der Waals surface area contributed by atoms with Gasteiger partial charge >= 0.3 is 5.97 Å². The number of aryl methyl sites for hydroxylation is 1. The Hall–Kier alpha value is -1.20. The summed E-state index contributed by atoms with van der Waals surface area (Å²) in [7, 11) is 0. The number of halogens is 1. The maximum absolute atomic E-state index is 10.9. The van der Waals surface area contributed by atoms with E-state index < -0.39 is 5.97 Å². The number of nitrogens with zero attached hydrogens (tertiary/aromatic N) is 1. The highest BCUT2D eigenvalue weighted by atomic mass is 79.9. The van der Waals surface area contributed by atoms with Gasteiger partial charge in [0.05, 0.1) is 0 Å². The Balaban J connectivity index is 2.39. The summed E-state index contributed by atoms with van der Waals surface area (Å²) in [5.41, 5.74) is 2.20. The normalized spacial score (nSPS) is 10.5. The first-order valence-electron chi connectivity index (χ1n) is 5.10. The van der Waals surface area contributed by atoms with Crippen LogP contribution in [-0.2, 0) is 6.42 Å². The minimum Gasteiger partial charge on any atom is -0.477 e. The lowest BCUT2D eigenvalue weighted by atomic mass is 10.1. The van der Waals surface area contributed by atoms with Gasteiger partial charge in [0, 0.05) is 5.56 Å². The molecule has 0 saturated heterocycles. The molecule has 17 heavy (non-hydrogen) atoms. The van der Waals surface area contributed by atoms with Gasteiger partial charge in [0.2, 0.25) is 0 Å². The lowest BCUT2D eigenvalue weighted by Crippen LogP contribution is -1.91. The van der Waals surface area contributed by atoms with Gasteiger partial charge in [0.15, 0.2) is 0 Å². The predicted octanol–water partition coefficient (Wildman–Crippen LogP) is 3.83. The fourth-order valence-corrected chi connectivity index (χ4v) is 2.95. The first kappa shape index (κ1) is 12.3. The topological polar surface area (TPSA) is 50.2 Å². The van der Waals surface area contributed by atoms with Crippen molar-refractivity contribution in [2.75, 3.05) is 0 Å². The van der Waals surface area contributed by atoms with Crippen molar-refractivity contribution in [2.24, 2.45) is 0 Å². The molecule has 0 spiro atoms. The molecule has 88 valence electrons. The number of aromatic carboxylic acids is 1. The van der Waals surface area contributed by atoms with Crippen LogP contribution in [-0.4, -0.2) is 16.1 Å². The van der Waals surface area contributed by atoms with E-state index in [1.165, 1.54) is 16.9 Å². The van der Waals surface area contributed by atoms with E-state index in [2.05, 4.69) is 27.8 Å². The predicted molar refractivity (Wildman–Crippen MR) is 71.6 cm³/mol. The summed E-state index contributed by atoms with van der Waals surface area (Å²) in [5.74, 6) is -0.953. The van der Waals surface area contributed by atoms with Crippen molar-refractivity contribution in [3.63, 3.8) is 0 Å². The highest BCUT2D eigenvalue weighted by molar-refractivity contribution is 9.10. The fraction of sp³-hybridized carbons (Fsp3) is 0.167. The van der Waals surface area contributed by atoms with Crippen molar-refractivity contribution in [1.82, 2.24) is 4.98 Å². The Morgan fingerprint density at radius 2 is 2.06 bits per heavy atom. The van der Waals surface area contributed by atoms with E-state index in [4.69, 9.17) is 5.11 Å². The molecule has 0 amide bonds. The number of hydrogen-bond donors (Lipinski definition) is 1. The lowest BCUT2D eigenvalue weighted by Gasteiger charge is -1.98. The van der Waals surface area contributed by atoms with Crippen LogP contribution in [0.3, 0.4) is 0 Å². The molecule has 0 atom stereocenters. The maximum Gasteiger partial charge on any atom is 0.348 e. The minimum absolute atomic E-state index is 0.236. The molecule has 0 radical (unpaired) electrons. The molecule has 0 aliphatic carbocycles. The van der Waals surface area contributed by atoms with Crippen LogP contribution in [0.4, 0.5) is 0 Å².